The van der Waals surface area contributed by atoms with E-state index in [4.69, 9.17) is 0 Å². The number of carboxylic acids is 1. The molecule has 1 fully saturated rings. The molecule has 0 saturated heterocycles. The number of aliphatic carboxylic acids is 1. The lowest BCUT2D eigenvalue weighted by Crippen LogP contribution is -2.52. The van der Waals surface area contributed by atoms with Crippen LogP contribution in [-0.2, 0) is 9.59 Å². The van der Waals surface area contributed by atoms with E-state index >= 15 is 0 Å². The molecule has 0 spiro atoms. The molecule has 22 heavy (non-hydrogen) atoms. The number of nitrogens with one attached hydrogen (secondary N) is 1. The van der Waals surface area contributed by atoms with Crippen molar-refractivity contribution in [2.24, 2.45) is 5.92 Å². The van der Waals surface area contributed by atoms with E-state index in [1.54, 1.807) is 0 Å². The van der Waals surface area contributed by atoms with Gasteiger partial charge in [0, 0.05) is 5.92 Å². The van der Waals surface area contributed by atoms with Crippen molar-refractivity contribution >= 4 is 11.9 Å². The maximum Gasteiger partial charge on any atom is 0.329 e. The van der Waals surface area contributed by atoms with Crippen LogP contribution in [0, 0.1) is 17.6 Å². The zero-order valence-corrected chi connectivity index (χ0v) is 12.5. The second-order valence-corrected chi connectivity index (χ2v) is 6.00. The van der Waals surface area contributed by atoms with Gasteiger partial charge in [-0.3, -0.25) is 4.79 Å². The van der Waals surface area contributed by atoms with Gasteiger partial charge in [-0.05, 0) is 43.4 Å². The molecule has 120 valence electrons. The summed E-state index contributed by atoms with van der Waals surface area (Å²) in [6.07, 6.45) is 1.47. The topological polar surface area (TPSA) is 66.4 Å². The number of hydrogen-bond donors (Lipinski definition) is 2. The maximum absolute atomic E-state index is 13.2. The molecule has 3 atom stereocenters. The van der Waals surface area contributed by atoms with Crippen LogP contribution >= 0.6 is 0 Å². The van der Waals surface area contributed by atoms with Gasteiger partial charge in [0.2, 0.25) is 5.91 Å². The lowest BCUT2D eigenvalue weighted by Gasteiger charge is -2.25. The molecule has 1 aliphatic rings. The number of halogens is 2. The van der Waals surface area contributed by atoms with Gasteiger partial charge < -0.3 is 10.4 Å². The minimum absolute atomic E-state index is 0.185. The Balaban J connectivity index is 2.03. The van der Waals surface area contributed by atoms with Crippen molar-refractivity contribution in [1.82, 2.24) is 5.32 Å². The number of benzene rings is 1. The molecule has 1 aliphatic carbocycles. The van der Waals surface area contributed by atoms with Crippen molar-refractivity contribution in [2.75, 3.05) is 0 Å². The highest BCUT2D eigenvalue weighted by Crippen LogP contribution is 2.48. The van der Waals surface area contributed by atoms with E-state index < -0.39 is 23.1 Å². The lowest BCUT2D eigenvalue weighted by atomic mass is 9.96. The van der Waals surface area contributed by atoms with E-state index in [0.29, 0.717) is 24.8 Å². The third kappa shape index (κ3) is 3.26. The Kier molecular flexibility index (Phi) is 4.49. The largest absolute Gasteiger partial charge is 0.480 e. The third-order valence-corrected chi connectivity index (χ3v) is 4.12. The van der Waals surface area contributed by atoms with Crippen LogP contribution < -0.4 is 5.32 Å². The van der Waals surface area contributed by atoms with Gasteiger partial charge in [-0.25, -0.2) is 13.6 Å². The fourth-order valence-electron chi connectivity index (χ4n) is 2.68. The van der Waals surface area contributed by atoms with Crippen LogP contribution in [0.3, 0.4) is 0 Å². The first-order valence-corrected chi connectivity index (χ1v) is 7.29. The summed E-state index contributed by atoms with van der Waals surface area (Å²) >= 11 is 0. The first-order valence-electron chi connectivity index (χ1n) is 7.29. The Morgan fingerprint density at radius 3 is 2.59 bits per heavy atom. The van der Waals surface area contributed by atoms with E-state index in [1.807, 2.05) is 6.92 Å². The van der Waals surface area contributed by atoms with E-state index in [2.05, 4.69) is 5.32 Å². The van der Waals surface area contributed by atoms with Gasteiger partial charge in [0.05, 0.1) is 0 Å². The van der Waals surface area contributed by atoms with Crippen LogP contribution in [0.15, 0.2) is 18.2 Å². The molecule has 4 nitrogen and oxygen atoms in total. The summed E-state index contributed by atoms with van der Waals surface area (Å²) in [4.78, 5) is 23.5. The Bertz CT molecular complexity index is 605. The highest BCUT2D eigenvalue weighted by molar-refractivity contribution is 5.89. The molecule has 2 rings (SSSR count). The van der Waals surface area contributed by atoms with E-state index in [0.717, 1.165) is 12.1 Å². The molecule has 1 amide bonds. The molecular formula is C16H19F2NO3. The minimum Gasteiger partial charge on any atom is -0.480 e. The highest BCUT2D eigenvalue weighted by Gasteiger charge is 2.47. The first kappa shape index (κ1) is 16.4. The van der Waals surface area contributed by atoms with Crippen molar-refractivity contribution in [3.63, 3.8) is 0 Å². The lowest BCUT2D eigenvalue weighted by molar-refractivity contribution is -0.147. The molecule has 1 aromatic rings. The number of carboxylic acid groups (broad SMARTS) is 1. The van der Waals surface area contributed by atoms with Crippen molar-refractivity contribution < 1.29 is 23.5 Å². The Labute approximate surface area is 127 Å². The van der Waals surface area contributed by atoms with Gasteiger partial charge in [0.1, 0.15) is 5.54 Å². The standard InChI is InChI=1S/C16H19F2NO3/c1-3-6-16(2,15(21)22)19-14(20)11-8-10(11)9-4-5-12(17)13(18)7-9/h4-5,7,10-11H,3,6,8H2,1-2H3,(H,19,20)(H,21,22). The predicted molar refractivity (Wildman–Crippen MR) is 76.3 cm³/mol. The van der Waals surface area contributed by atoms with Crippen molar-refractivity contribution in [2.45, 2.75) is 44.6 Å². The average Bonchev–Trinajstić information content (AvgIpc) is 3.22. The zero-order chi connectivity index (χ0) is 16.5. The summed E-state index contributed by atoms with van der Waals surface area (Å²) in [5.41, 5.74) is -0.737. The highest BCUT2D eigenvalue weighted by atomic mass is 19.2. The van der Waals surface area contributed by atoms with Crippen LogP contribution in [0.2, 0.25) is 0 Å². The zero-order valence-electron chi connectivity index (χ0n) is 12.5. The van der Waals surface area contributed by atoms with Gasteiger partial charge in [-0.1, -0.05) is 19.4 Å². The van der Waals surface area contributed by atoms with Crippen LogP contribution in [0.1, 0.15) is 44.6 Å². The van der Waals surface area contributed by atoms with Crippen molar-refractivity contribution in [3.8, 4) is 0 Å². The van der Waals surface area contributed by atoms with Gasteiger partial charge in [-0.15, -0.1) is 0 Å². The fourth-order valence-corrected chi connectivity index (χ4v) is 2.68. The Hall–Kier alpha value is -1.98. The van der Waals surface area contributed by atoms with Gasteiger partial charge in [-0.2, -0.15) is 0 Å². The maximum atomic E-state index is 13.2. The molecular weight excluding hydrogens is 292 g/mol. The summed E-state index contributed by atoms with van der Waals surface area (Å²) in [5, 5.41) is 11.8. The number of carbonyl (C=O) groups excluding carboxylic acids is 1. The number of rotatable bonds is 6. The average molecular weight is 311 g/mol. The molecule has 6 heteroatoms. The van der Waals surface area contributed by atoms with Crippen LogP contribution in [0.4, 0.5) is 8.78 Å². The minimum atomic E-state index is -1.30. The number of hydrogen-bond acceptors (Lipinski definition) is 2. The summed E-state index contributed by atoms with van der Waals surface area (Å²) in [5.74, 6) is -3.87. The molecule has 1 saturated carbocycles. The second kappa shape index (κ2) is 6.02. The van der Waals surface area contributed by atoms with Gasteiger partial charge >= 0.3 is 5.97 Å². The molecule has 0 heterocycles. The first-order chi connectivity index (χ1) is 10.3. The van der Waals surface area contributed by atoms with Crippen molar-refractivity contribution in [1.29, 1.82) is 0 Å². The molecule has 0 radical (unpaired) electrons. The Morgan fingerprint density at radius 1 is 1.36 bits per heavy atom. The summed E-state index contributed by atoms with van der Waals surface area (Å²) in [6, 6.07) is 3.59. The van der Waals surface area contributed by atoms with E-state index in [1.165, 1.54) is 13.0 Å². The smallest absolute Gasteiger partial charge is 0.329 e. The van der Waals surface area contributed by atoms with Crippen LogP contribution in [0.25, 0.3) is 0 Å². The molecule has 0 aliphatic heterocycles. The van der Waals surface area contributed by atoms with Gasteiger partial charge in [0.25, 0.3) is 0 Å². The molecule has 3 unspecified atom stereocenters. The quantitative estimate of drug-likeness (QED) is 0.849. The van der Waals surface area contributed by atoms with Crippen molar-refractivity contribution in [3.05, 3.63) is 35.4 Å². The monoisotopic (exact) mass is 311 g/mol. The summed E-state index contributed by atoms with van der Waals surface area (Å²) in [7, 11) is 0. The number of carbonyl (C=O) groups is 2. The van der Waals surface area contributed by atoms with Gasteiger partial charge in [0.15, 0.2) is 11.6 Å². The Morgan fingerprint density at radius 2 is 2.05 bits per heavy atom. The summed E-state index contributed by atoms with van der Waals surface area (Å²) in [6.45, 7) is 3.32. The SMILES string of the molecule is CCCC(C)(NC(=O)C1CC1c1ccc(F)c(F)c1)C(=O)O. The van der Waals surface area contributed by atoms with E-state index in [9.17, 15) is 23.5 Å². The predicted octanol–water partition coefficient (Wildman–Crippen LogP) is 2.83. The molecule has 2 N–H and O–H groups in total. The molecule has 0 bridgehead atoms. The molecule has 1 aromatic carbocycles. The third-order valence-electron chi connectivity index (χ3n) is 4.12. The van der Waals surface area contributed by atoms with E-state index in [-0.39, 0.29) is 17.7 Å². The molecule has 0 aromatic heterocycles. The fraction of sp³-hybridized carbons (Fsp3) is 0.500. The van der Waals surface area contributed by atoms with Crippen LogP contribution in [-0.4, -0.2) is 22.5 Å². The summed E-state index contributed by atoms with van der Waals surface area (Å²) < 4.78 is 26.1. The normalized spacial score (nSPS) is 22.7. The number of amides is 1. The second-order valence-electron chi connectivity index (χ2n) is 6.00. The van der Waals surface area contributed by atoms with Crippen LogP contribution in [0.5, 0.6) is 0 Å².